The highest BCUT2D eigenvalue weighted by atomic mass is 16.6. The molecule has 2 saturated carbocycles. The molecule has 0 radical (unpaired) electrons. The average Bonchev–Trinajstić information content (AvgIpc) is 3.23. The second-order valence-electron chi connectivity index (χ2n) is 10.8. The van der Waals surface area contributed by atoms with Gasteiger partial charge in [0.1, 0.15) is 18.3 Å². The fourth-order valence-corrected chi connectivity index (χ4v) is 7.66. The van der Waals surface area contributed by atoms with E-state index in [2.05, 4.69) is 0 Å². The van der Waals surface area contributed by atoms with Gasteiger partial charge in [0.05, 0.1) is 30.7 Å². The van der Waals surface area contributed by atoms with Crippen LogP contribution in [-0.4, -0.2) is 60.3 Å². The minimum absolute atomic E-state index is 0.0969. The van der Waals surface area contributed by atoms with Crippen LogP contribution in [0.5, 0.6) is 0 Å². The van der Waals surface area contributed by atoms with E-state index in [1.54, 1.807) is 18.6 Å². The van der Waals surface area contributed by atoms with Crippen LogP contribution in [0.15, 0.2) is 23.0 Å². The molecule has 2 saturated heterocycles. The van der Waals surface area contributed by atoms with E-state index in [0.29, 0.717) is 25.9 Å². The number of rotatable bonds is 5. The van der Waals surface area contributed by atoms with E-state index in [4.69, 9.17) is 28.1 Å². The van der Waals surface area contributed by atoms with Crippen LogP contribution >= 0.6 is 0 Å². The Balaban J connectivity index is 1.70. The highest BCUT2D eigenvalue weighted by Gasteiger charge is 2.80. The molecule has 5 rings (SSSR count). The van der Waals surface area contributed by atoms with E-state index in [0.717, 1.165) is 12.0 Å². The van der Waals surface area contributed by atoms with Gasteiger partial charge in [-0.05, 0) is 31.2 Å². The van der Waals surface area contributed by atoms with Crippen LogP contribution in [0.1, 0.15) is 65.0 Å². The average molecular weight is 507 g/mol. The predicted octanol–water partition coefficient (Wildman–Crippen LogP) is 2.68. The maximum Gasteiger partial charge on any atom is 0.303 e. The molecule has 0 unspecified atom stereocenters. The minimum atomic E-state index is -1.21. The van der Waals surface area contributed by atoms with Crippen LogP contribution < -0.4 is 0 Å². The first kappa shape index (κ1) is 25.2. The van der Waals surface area contributed by atoms with Crippen LogP contribution in [0.3, 0.4) is 0 Å². The highest BCUT2D eigenvalue weighted by molar-refractivity contribution is 5.68. The number of hydrogen-bond acceptors (Lipinski definition) is 10. The Kier molecular flexibility index (Phi) is 6.20. The second-order valence-corrected chi connectivity index (χ2v) is 10.8. The van der Waals surface area contributed by atoms with Crippen molar-refractivity contribution in [3.8, 4) is 0 Å². The van der Waals surface area contributed by atoms with Crippen molar-refractivity contribution in [3.05, 3.63) is 24.2 Å². The lowest BCUT2D eigenvalue weighted by molar-refractivity contribution is -0.295. The summed E-state index contributed by atoms with van der Waals surface area (Å²) in [6.45, 7) is 6.12. The summed E-state index contributed by atoms with van der Waals surface area (Å²) in [4.78, 5) is 36.9. The molecule has 0 amide bonds. The molecule has 2 spiro atoms. The van der Waals surface area contributed by atoms with Gasteiger partial charge >= 0.3 is 17.9 Å². The summed E-state index contributed by atoms with van der Waals surface area (Å²) < 4.78 is 35.0. The number of ether oxygens (including phenoxy) is 5. The lowest BCUT2D eigenvalue weighted by Crippen LogP contribution is -2.73. The largest absolute Gasteiger partial charge is 0.472 e. The summed E-state index contributed by atoms with van der Waals surface area (Å²) in [7, 11) is 0. The van der Waals surface area contributed by atoms with Crippen molar-refractivity contribution in [1.29, 1.82) is 0 Å². The fourth-order valence-electron chi connectivity index (χ4n) is 7.66. The van der Waals surface area contributed by atoms with Gasteiger partial charge in [0.15, 0.2) is 12.4 Å². The second kappa shape index (κ2) is 8.85. The summed E-state index contributed by atoms with van der Waals surface area (Å²) >= 11 is 0. The number of carbonyl (C=O) groups excluding carboxylic acids is 3. The number of esters is 3. The Bertz CT molecular complexity index is 1020. The number of aliphatic hydroxyl groups is 1. The van der Waals surface area contributed by atoms with E-state index in [9.17, 15) is 19.5 Å². The Morgan fingerprint density at radius 1 is 1.14 bits per heavy atom. The van der Waals surface area contributed by atoms with Gasteiger partial charge < -0.3 is 33.2 Å². The van der Waals surface area contributed by atoms with Crippen molar-refractivity contribution in [2.75, 3.05) is 13.2 Å². The van der Waals surface area contributed by atoms with E-state index < -0.39 is 64.9 Å². The van der Waals surface area contributed by atoms with Crippen molar-refractivity contribution >= 4 is 17.9 Å². The molecule has 0 bridgehead atoms. The monoisotopic (exact) mass is 506 g/mol. The topological polar surface area (TPSA) is 134 Å². The lowest BCUT2D eigenvalue weighted by Gasteiger charge is -2.64. The number of carbonyl (C=O) groups is 3. The number of hydrogen-bond donors (Lipinski definition) is 1. The smallest absolute Gasteiger partial charge is 0.303 e. The highest BCUT2D eigenvalue weighted by Crippen LogP contribution is 2.72. The SMILES string of the molecule is CC(=O)OC[C@]12[C@H](CCC[C@]13CO3)[C@@]1(C[C@@H](c3ccoc3)O[C@@H]1O)[C@H](C)[C@@H](OC(C)=O)[C@@H]2OC(C)=O. The third kappa shape index (κ3) is 3.60. The molecular weight excluding hydrogens is 472 g/mol. The van der Waals surface area contributed by atoms with Crippen molar-refractivity contribution in [3.63, 3.8) is 0 Å². The van der Waals surface area contributed by atoms with Crippen molar-refractivity contribution < 1.29 is 47.6 Å². The first-order chi connectivity index (χ1) is 17.1. The van der Waals surface area contributed by atoms with Gasteiger partial charge in [-0.1, -0.05) is 13.3 Å². The number of fused-ring (bicyclic) bond motifs is 3. The Morgan fingerprint density at radius 2 is 1.86 bits per heavy atom. The van der Waals surface area contributed by atoms with Gasteiger partial charge in [0, 0.05) is 37.7 Å². The van der Waals surface area contributed by atoms with Gasteiger partial charge in [-0.15, -0.1) is 0 Å². The van der Waals surface area contributed by atoms with Crippen molar-refractivity contribution in [2.45, 2.75) is 83.6 Å². The Morgan fingerprint density at radius 3 is 2.44 bits per heavy atom. The van der Waals surface area contributed by atoms with Gasteiger partial charge in [-0.2, -0.15) is 0 Å². The molecule has 4 fully saturated rings. The molecule has 1 N–H and O–H groups in total. The molecule has 1 aromatic heterocycles. The first-order valence-electron chi connectivity index (χ1n) is 12.5. The summed E-state index contributed by atoms with van der Waals surface area (Å²) in [5.74, 6) is -2.34. The maximum atomic E-state index is 12.4. The van der Waals surface area contributed by atoms with Gasteiger partial charge in [-0.25, -0.2) is 0 Å². The number of aliphatic hydroxyl groups excluding tert-OH is 1. The van der Waals surface area contributed by atoms with Gasteiger partial charge in [0.2, 0.25) is 0 Å². The minimum Gasteiger partial charge on any atom is -0.472 e. The molecule has 1 aromatic rings. The standard InChI is InChI=1S/C26H34O10/c1-14-21(34-16(3)28)22(35-17(4)29)26(13-32-15(2)27)20(6-5-8-24(26)12-33-24)25(14)10-19(36-23(25)30)18-7-9-31-11-18/h7,9,11,14,19-23,30H,5-6,8,10,12-13H2,1-4H3/t14-,19+,20-,21-,22+,23+,24+,25-,26-/m1/s1. The summed E-state index contributed by atoms with van der Waals surface area (Å²) in [6.07, 6.45) is 2.20. The quantitative estimate of drug-likeness (QED) is 0.361. The van der Waals surface area contributed by atoms with Crippen LogP contribution in [0.25, 0.3) is 0 Å². The normalized spacial score (nSPS) is 43.1. The molecule has 4 aliphatic rings. The third-order valence-corrected chi connectivity index (χ3v) is 9.15. The zero-order valence-corrected chi connectivity index (χ0v) is 21.1. The van der Waals surface area contributed by atoms with Crippen molar-refractivity contribution in [2.24, 2.45) is 22.7 Å². The van der Waals surface area contributed by atoms with Crippen LogP contribution in [0.2, 0.25) is 0 Å². The van der Waals surface area contributed by atoms with Gasteiger partial charge in [-0.3, -0.25) is 14.4 Å². The van der Waals surface area contributed by atoms with Crippen LogP contribution in [-0.2, 0) is 38.1 Å². The molecule has 198 valence electrons. The molecule has 9 atom stereocenters. The fraction of sp³-hybridized carbons (Fsp3) is 0.731. The molecule has 0 aromatic carbocycles. The third-order valence-electron chi connectivity index (χ3n) is 9.15. The van der Waals surface area contributed by atoms with Gasteiger partial charge in [0.25, 0.3) is 0 Å². The number of epoxide rings is 1. The predicted molar refractivity (Wildman–Crippen MR) is 121 cm³/mol. The van der Waals surface area contributed by atoms with E-state index in [1.165, 1.54) is 20.8 Å². The molecule has 3 heterocycles. The van der Waals surface area contributed by atoms with E-state index in [1.807, 2.05) is 6.92 Å². The molecule has 2 aliphatic carbocycles. The molecule has 10 heteroatoms. The van der Waals surface area contributed by atoms with E-state index >= 15 is 0 Å². The maximum absolute atomic E-state index is 12.4. The summed E-state index contributed by atoms with van der Waals surface area (Å²) in [5.41, 5.74) is -1.91. The number of furan rings is 1. The molecular formula is C26H34O10. The molecule has 10 nitrogen and oxygen atoms in total. The Hall–Kier alpha value is -2.43. The molecule has 2 aliphatic heterocycles. The molecule has 36 heavy (non-hydrogen) atoms. The summed E-state index contributed by atoms with van der Waals surface area (Å²) in [6, 6.07) is 1.80. The zero-order chi connectivity index (χ0) is 25.9. The summed E-state index contributed by atoms with van der Waals surface area (Å²) in [5, 5.41) is 11.6. The Labute approximate surface area is 209 Å². The van der Waals surface area contributed by atoms with E-state index in [-0.39, 0.29) is 12.5 Å². The van der Waals surface area contributed by atoms with Crippen molar-refractivity contribution in [1.82, 2.24) is 0 Å². The van der Waals surface area contributed by atoms with Crippen LogP contribution in [0, 0.1) is 22.7 Å². The first-order valence-corrected chi connectivity index (χ1v) is 12.5. The lowest BCUT2D eigenvalue weighted by atomic mass is 9.41. The zero-order valence-electron chi connectivity index (χ0n) is 21.1. The van der Waals surface area contributed by atoms with Crippen LogP contribution in [0.4, 0.5) is 0 Å².